The summed E-state index contributed by atoms with van der Waals surface area (Å²) in [6.07, 6.45) is 0.812. The first-order valence-corrected chi connectivity index (χ1v) is 8.19. The molecule has 2 rings (SSSR count). The highest BCUT2D eigenvalue weighted by Crippen LogP contribution is 2.35. The van der Waals surface area contributed by atoms with E-state index in [2.05, 4.69) is 13.8 Å². The van der Waals surface area contributed by atoms with Gasteiger partial charge in [-0.1, -0.05) is 32.0 Å². The van der Waals surface area contributed by atoms with E-state index in [1.807, 2.05) is 25.1 Å². The van der Waals surface area contributed by atoms with E-state index in [0.29, 0.717) is 17.2 Å². The molecule has 0 spiro atoms. The van der Waals surface area contributed by atoms with E-state index in [1.165, 1.54) is 0 Å². The molecule has 0 aliphatic carbocycles. The van der Waals surface area contributed by atoms with Crippen LogP contribution in [-0.4, -0.2) is 39.1 Å². The largest absolute Gasteiger partial charge is 0.480 e. The van der Waals surface area contributed by atoms with Crippen molar-refractivity contribution in [1.82, 2.24) is 4.90 Å². The van der Waals surface area contributed by atoms with Crippen LogP contribution in [0.3, 0.4) is 0 Å². The number of nitrogens with zero attached hydrogens (tertiary/aromatic N) is 1. The third-order valence-electron chi connectivity index (χ3n) is 3.66. The summed E-state index contributed by atoms with van der Waals surface area (Å²) in [6.45, 7) is 6.06. The topological polar surface area (TPSA) is 57.6 Å². The molecule has 1 aromatic carbocycles. The number of carboxylic acid groups (broad SMARTS) is 1. The van der Waals surface area contributed by atoms with Gasteiger partial charge in [0.15, 0.2) is 0 Å². The van der Waals surface area contributed by atoms with Gasteiger partial charge >= 0.3 is 5.97 Å². The third kappa shape index (κ3) is 3.40. The Hall–Kier alpha value is -1.49. The molecule has 1 amide bonds. The molecule has 1 heterocycles. The van der Waals surface area contributed by atoms with Gasteiger partial charge in [-0.3, -0.25) is 4.79 Å². The highest BCUT2D eigenvalue weighted by Gasteiger charge is 2.42. The average Bonchev–Trinajstić information content (AvgIpc) is 2.81. The number of thioether (sulfide) groups is 1. The normalized spacial score (nSPS) is 21.8. The summed E-state index contributed by atoms with van der Waals surface area (Å²) < 4.78 is 0. The van der Waals surface area contributed by atoms with Crippen LogP contribution in [0.5, 0.6) is 0 Å². The number of aryl methyl sites for hydroxylation is 1. The average molecular weight is 307 g/mol. The highest BCUT2D eigenvalue weighted by molar-refractivity contribution is 8.00. The zero-order valence-corrected chi connectivity index (χ0v) is 13.4. The fraction of sp³-hybridized carbons (Fsp3) is 0.500. The minimum atomic E-state index is -0.921. The minimum absolute atomic E-state index is 0.0572. The number of carbonyl (C=O) groups excluding carboxylic acids is 1. The van der Waals surface area contributed by atoms with E-state index in [1.54, 1.807) is 22.7 Å². The second kappa shape index (κ2) is 6.52. The van der Waals surface area contributed by atoms with Crippen molar-refractivity contribution in [3.05, 3.63) is 35.4 Å². The predicted molar refractivity (Wildman–Crippen MR) is 84.5 cm³/mol. The highest BCUT2D eigenvalue weighted by atomic mass is 32.2. The van der Waals surface area contributed by atoms with E-state index in [0.717, 1.165) is 12.0 Å². The first kappa shape index (κ1) is 15.9. The lowest BCUT2D eigenvalue weighted by Gasteiger charge is -2.29. The van der Waals surface area contributed by atoms with Gasteiger partial charge in [0.25, 0.3) is 5.91 Å². The van der Waals surface area contributed by atoms with Gasteiger partial charge in [0.1, 0.15) is 6.04 Å². The van der Waals surface area contributed by atoms with Crippen molar-refractivity contribution in [2.75, 3.05) is 5.75 Å². The van der Waals surface area contributed by atoms with Gasteiger partial charge in [-0.15, -0.1) is 11.8 Å². The Morgan fingerprint density at radius 1 is 1.38 bits per heavy atom. The number of amides is 1. The molecule has 0 saturated carbocycles. The van der Waals surface area contributed by atoms with Crippen molar-refractivity contribution in [3.63, 3.8) is 0 Å². The van der Waals surface area contributed by atoms with E-state index in [-0.39, 0.29) is 11.3 Å². The van der Waals surface area contributed by atoms with Crippen LogP contribution in [0.2, 0.25) is 0 Å². The Kier molecular flexibility index (Phi) is 4.93. The summed E-state index contributed by atoms with van der Waals surface area (Å²) in [5, 5.41) is 9.34. The van der Waals surface area contributed by atoms with Gasteiger partial charge in [-0.05, 0) is 30.9 Å². The monoisotopic (exact) mass is 307 g/mol. The summed E-state index contributed by atoms with van der Waals surface area (Å²) in [4.78, 5) is 25.8. The Bertz CT molecular complexity index is 544. The van der Waals surface area contributed by atoms with Crippen LogP contribution in [0.25, 0.3) is 0 Å². The second-order valence-electron chi connectivity index (χ2n) is 5.80. The smallest absolute Gasteiger partial charge is 0.327 e. The molecule has 0 aromatic heterocycles. The number of rotatable bonds is 4. The van der Waals surface area contributed by atoms with Crippen LogP contribution in [0.15, 0.2) is 24.3 Å². The summed E-state index contributed by atoms with van der Waals surface area (Å²) in [6, 6.07) is 6.61. The first-order valence-electron chi connectivity index (χ1n) is 7.14. The summed E-state index contributed by atoms with van der Waals surface area (Å²) >= 11 is 1.57. The fourth-order valence-electron chi connectivity index (χ4n) is 2.56. The molecule has 1 saturated heterocycles. The molecule has 21 heavy (non-hydrogen) atoms. The lowest BCUT2D eigenvalue weighted by Crippen LogP contribution is -2.46. The fourth-order valence-corrected chi connectivity index (χ4v) is 4.19. The molecule has 1 aromatic rings. The lowest BCUT2D eigenvalue weighted by atomic mass is 10.0. The Labute approximate surface area is 129 Å². The van der Waals surface area contributed by atoms with E-state index < -0.39 is 12.0 Å². The van der Waals surface area contributed by atoms with Gasteiger partial charge in [-0.2, -0.15) is 0 Å². The molecule has 114 valence electrons. The molecule has 1 fully saturated rings. The lowest BCUT2D eigenvalue weighted by molar-refractivity contribution is -0.141. The molecule has 5 heteroatoms. The maximum Gasteiger partial charge on any atom is 0.327 e. The molecular formula is C16H21NO3S. The molecule has 0 unspecified atom stereocenters. The zero-order valence-electron chi connectivity index (χ0n) is 12.6. The van der Waals surface area contributed by atoms with Crippen LogP contribution < -0.4 is 0 Å². The van der Waals surface area contributed by atoms with E-state index in [4.69, 9.17) is 0 Å². The SMILES string of the molecule is Cc1ccccc1C(=O)N1[C@@H](CC(C)C)SC[C@H]1C(=O)O. The molecule has 2 atom stereocenters. The quantitative estimate of drug-likeness (QED) is 0.929. The Balaban J connectivity index is 2.32. The first-order chi connectivity index (χ1) is 9.91. The van der Waals surface area contributed by atoms with Gasteiger partial charge < -0.3 is 10.0 Å². The molecule has 0 bridgehead atoms. The number of carboxylic acids is 1. The molecule has 1 N–H and O–H groups in total. The Morgan fingerprint density at radius 2 is 2.05 bits per heavy atom. The van der Waals surface area contributed by atoms with Gasteiger partial charge in [0.2, 0.25) is 0 Å². The van der Waals surface area contributed by atoms with Gasteiger partial charge in [0, 0.05) is 11.3 Å². The van der Waals surface area contributed by atoms with E-state index in [9.17, 15) is 14.7 Å². The molecular weight excluding hydrogens is 286 g/mol. The van der Waals surface area contributed by atoms with Crippen LogP contribution in [-0.2, 0) is 4.79 Å². The number of carbonyl (C=O) groups is 2. The van der Waals surface area contributed by atoms with Crippen LogP contribution >= 0.6 is 11.8 Å². The third-order valence-corrected chi connectivity index (χ3v) is 4.97. The van der Waals surface area contributed by atoms with Crippen molar-refractivity contribution >= 4 is 23.6 Å². The Morgan fingerprint density at radius 3 is 2.62 bits per heavy atom. The number of hydrogen-bond acceptors (Lipinski definition) is 3. The van der Waals surface area contributed by atoms with Crippen molar-refractivity contribution < 1.29 is 14.7 Å². The van der Waals surface area contributed by atoms with Gasteiger partial charge in [-0.25, -0.2) is 4.79 Å². The van der Waals surface area contributed by atoms with Crippen molar-refractivity contribution in [2.24, 2.45) is 5.92 Å². The summed E-state index contributed by atoms with van der Waals surface area (Å²) in [5.41, 5.74) is 1.48. The summed E-state index contributed by atoms with van der Waals surface area (Å²) in [7, 11) is 0. The minimum Gasteiger partial charge on any atom is -0.480 e. The maximum atomic E-state index is 12.8. The number of aliphatic carboxylic acids is 1. The van der Waals surface area contributed by atoms with Gasteiger partial charge in [0.05, 0.1) is 5.37 Å². The molecule has 1 aliphatic heterocycles. The predicted octanol–water partition coefficient (Wildman–Crippen LogP) is 3.01. The number of hydrogen-bond donors (Lipinski definition) is 1. The van der Waals surface area contributed by atoms with E-state index >= 15 is 0 Å². The molecule has 0 radical (unpaired) electrons. The second-order valence-corrected chi connectivity index (χ2v) is 7.01. The standard InChI is InChI=1S/C16H21NO3S/c1-10(2)8-14-17(13(9-21-14)16(19)20)15(18)12-7-5-4-6-11(12)3/h4-7,10,13-14H,8-9H2,1-3H3,(H,19,20)/t13-,14+/m0/s1. The van der Waals surface area contributed by atoms with Crippen molar-refractivity contribution in [3.8, 4) is 0 Å². The van der Waals surface area contributed by atoms with Crippen molar-refractivity contribution in [2.45, 2.75) is 38.6 Å². The zero-order chi connectivity index (χ0) is 15.6. The van der Waals surface area contributed by atoms with Crippen LogP contribution in [0.4, 0.5) is 0 Å². The number of benzene rings is 1. The molecule has 1 aliphatic rings. The molecule has 4 nitrogen and oxygen atoms in total. The maximum absolute atomic E-state index is 12.8. The summed E-state index contributed by atoms with van der Waals surface area (Å²) in [5.74, 6) is -0.210. The van der Waals surface area contributed by atoms with Crippen LogP contribution in [0, 0.1) is 12.8 Å². The van der Waals surface area contributed by atoms with Crippen LogP contribution in [0.1, 0.15) is 36.2 Å². The van der Waals surface area contributed by atoms with Crippen molar-refractivity contribution in [1.29, 1.82) is 0 Å².